The van der Waals surface area contributed by atoms with E-state index in [-0.39, 0.29) is 12.5 Å². The van der Waals surface area contributed by atoms with Gasteiger partial charge in [0.1, 0.15) is 6.54 Å². The molecule has 0 heterocycles. The van der Waals surface area contributed by atoms with Crippen LogP contribution in [0.3, 0.4) is 0 Å². The molecule has 0 N–H and O–H groups in total. The Labute approximate surface area is 127 Å². The molecule has 0 atom stereocenters. The van der Waals surface area contributed by atoms with E-state index in [1.165, 1.54) is 12.0 Å². The summed E-state index contributed by atoms with van der Waals surface area (Å²) in [6.45, 7) is 4.47. The van der Waals surface area contributed by atoms with Gasteiger partial charge < -0.3 is 9.64 Å². The average molecular weight is 375 g/mol. The second-order valence-corrected chi connectivity index (χ2v) is 5.32. The second kappa shape index (κ2) is 7.47. The number of ether oxygens (including phenoxy) is 1. The van der Waals surface area contributed by atoms with Gasteiger partial charge in [0, 0.05) is 10.1 Å². The molecule has 1 amide bonds. The van der Waals surface area contributed by atoms with Crippen molar-refractivity contribution in [1.29, 1.82) is 0 Å². The van der Waals surface area contributed by atoms with Gasteiger partial charge in [-0.05, 0) is 47.6 Å². The van der Waals surface area contributed by atoms with Crippen LogP contribution in [0.25, 0.3) is 0 Å². The van der Waals surface area contributed by atoms with Crippen LogP contribution in [0.1, 0.15) is 29.3 Å². The summed E-state index contributed by atoms with van der Waals surface area (Å²) in [5.41, 5.74) is 1.69. The van der Waals surface area contributed by atoms with E-state index in [1.54, 1.807) is 6.07 Å². The van der Waals surface area contributed by atoms with Gasteiger partial charge in [0.15, 0.2) is 0 Å². The highest BCUT2D eigenvalue weighted by molar-refractivity contribution is 14.1. The number of carbonyl (C=O) groups is 2. The SMILES string of the molecule is CCCN(CC(=O)OC)C(=O)c1cccc(C)c1I. The largest absolute Gasteiger partial charge is 0.468 e. The molecule has 4 nitrogen and oxygen atoms in total. The first-order chi connectivity index (χ1) is 9.01. The summed E-state index contributed by atoms with van der Waals surface area (Å²) in [6.07, 6.45) is 0.797. The lowest BCUT2D eigenvalue weighted by Gasteiger charge is -2.21. The maximum absolute atomic E-state index is 12.5. The standard InChI is InChI=1S/C14H18INO3/c1-4-8-16(9-12(17)19-3)14(18)11-7-5-6-10(2)13(11)15/h5-7H,4,8-9H2,1-3H3. The highest BCUT2D eigenvalue weighted by Gasteiger charge is 2.20. The Kier molecular flexibility index (Phi) is 6.27. The van der Waals surface area contributed by atoms with E-state index in [9.17, 15) is 9.59 Å². The summed E-state index contributed by atoms with van der Waals surface area (Å²) in [7, 11) is 1.33. The number of hydrogen-bond donors (Lipinski definition) is 0. The van der Waals surface area contributed by atoms with Crippen molar-refractivity contribution in [1.82, 2.24) is 4.90 Å². The molecular formula is C14H18INO3. The summed E-state index contributed by atoms with van der Waals surface area (Å²) in [5.74, 6) is -0.523. The van der Waals surface area contributed by atoms with Crippen LogP contribution >= 0.6 is 22.6 Å². The molecule has 0 saturated carbocycles. The third-order valence-electron chi connectivity index (χ3n) is 2.75. The summed E-state index contributed by atoms with van der Waals surface area (Å²) in [5, 5.41) is 0. The zero-order chi connectivity index (χ0) is 14.4. The number of carbonyl (C=O) groups excluding carboxylic acids is 2. The normalized spacial score (nSPS) is 10.1. The van der Waals surface area contributed by atoms with Crippen molar-refractivity contribution in [3.8, 4) is 0 Å². The molecule has 0 aliphatic rings. The lowest BCUT2D eigenvalue weighted by Crippen LogP contribution is -2.37. The predicted octanol–water partition coefficient (Wildman–Crippen LogP) is 2.62. The Hall–Kier alpha value is -1.11. The molecule has 0 spiro atoms. The molecule has 0 aliphatic carbocycles. The van der Waals surface area contributed by atoms with Crippen LogP contribution in [0.15, 0.2) is 18.2 Å². The van der Waals surface area contributed by atoms with Crippen molar-refractivity contribution >= 4 is 34.5 Å². The molecule has 5 heteroatoms. The van der Waals surface area contributed by atoms with Gasteiger partial charge in [-0.25, -0.2) is 0 Å². The summed E-state index contributed by atoms with van der Waals surface area (Å²) in [6, 6.07) is 5.60. The first kappa shape index (κ1) is 15.9. The Morgan fingerprint density at radius 2 is 2.05 bits per heavy atom. The topological polar surface area (TPSA) is 46.6 Å². The van der Waals surface area contributed by atoms with Crippen LogP contribution in [-0.4, -0.2) is 37.0 Å². The zero-order valence-electron chi connectivity index (χ0n) is 11.4. The lowest BCUT2D eigenvalue weighted by atomic mass is 10.1. The first-order valence-electron chi connectivity index (χ1n) is 6.12. The Morgan fingerprint density at radius 1 is 1.37 bits per heavy atom. The molecule has 0 aromatic heterocycles. The van der Waals surface area contributed by atoms with E-state index in [0.29, 0.717) is 12.1 Å². The van der Waals surface area contributed by atoms with E-state index in [4.69, 9.17) is 0 Å². The van der Waals surface area contributed by atoms with Gasteiger partial charge in [0.2, 0.25) is 0 Å². The monoisotopic (exact) mass is 375 g/mol. The van der Waals surface area contributed by atoms with E-state index < -0.39 is 5.97 Å². The van der Waals surface area contributed by atoms with Crippen molar-refractivity contribution in [2.24, 2.45) is 0 Å². The van der Waals surface area contributed by atoms with Gasteiger partial charge in [0.05, 0.1) is 12.7 Å². The van der Waals surface area contributed by atoms with Crippen molar-refractivity contribution in [2.45, 2.75) is 20.3 Å². The molecule has 0 aliphatic heterocycles. The van der Waals surface area contributed by atoms with E-state index in [0.717, 1.165) is 15.6 Å². The van der Waals surface area contributed by atoms with Crippen LogP contribution in [0.4, 0.5) is 0 Å². The number of amides is 1. The number of esters is 1. The van der Waals surface area contributed by atoms with Gasteiger partial charge >= 0.3 is 5.97 Å². The molecule has 1 rings (SSSR count). The molecule has 0 saturated heterocycles. The van der Waals surface area contributed by atoms with Crippen molar-refractivity contribution in [3.63, 3.8) is 0 Å². The highest BCUT2D eigenvalue weighted by atomic mass is 127. The van der Waals surface area contributed by atoms with Crippen LogP contribution in [0.2, 0.25) is 0 Å². The minimum Gasteiger partial charge on any atom is -0.468 e. The maximum atomic E-state index is 12.5. The van der Waals surface area contributed by atoms with E-state index in [1.807, 2.05) is 26.0 Å². The lowest BCUT2D eigenvalue weighted by molar-refractivity contribution is -0.141. The number of benzene rings is 1. The minimum atomic E-state index is -0.399. The van der Waals surface area contributed by atoms with Gasteiger partial charge in [-0.1, -0.05) is 19.1 Å². The highest BCUT2D eigenvalue weighted by Crippen LogP contribution is 2.18. The van der Waals surface area contributed by atoms with E-state index in [2.05, 4.69) is 27.3 Å². The van der Waals surface area contributed by atoms with Crippen LogP contribution < -0.4 is 0 Å². The Morgan fingerprint density at radius 3 is 2.63 bits per heavy atom. The first-order valence-corrected chi connectivity index (χ1v) is 7.20. The molecule has 104 valence electrons. The third kappa shape index (κ3) is 4.19. The molecule has 0 unspecified atom stereocenters. The fourth-order valence-corrected chi connectivity index (χ4v) is 2.32. The van der Waals surface area contributed by atoms with Crippen LogP contribution in [0, 0.1) is 10.5 Å². The predicted molar refractivity (Wildman–Crippen MR) is 82.1 cm³/mol. The van der Waals surface area contributed by atoms with Gasteiger partial charge in [-0.15, -0.1) is 0 Å². The maximum Gasteiger partial charge on any atom is 0.325 e. The molecule has 0 radical (unpaired) electrons. The van der Waals surface area contributed by atoms with Gasteiger partial charge in [0.25, 0.3) is 5.91 Å². The van der Waals surface area contributed by atoms with Gasteiger partial charge in [-0.2, -0.15) is 0 Å². The molecule has 0 fully saturated rings. The molecular weight excluding hydrogens is 357 g/mol. The summed E-state index contributed by atoms with van der Waals surface area (Å²) in [4.78, 5) is 25.4. The van der Waals surface area contributed by atoms with Gasteiger partial charge in [-0.3, -0.25) is 9.59 Å². The van der Waals surface area contributed by atoms with Crippen molar-refractivity contribution in [2.75, 3.05) is 20.2 Å². The second-order valence-electron chi connectivity index (χ2n) is 4.24. The molecule has 0 bridgehead atoms. The number of nitrogens with zero attached hydrogens (tertiary/aromatic N) is 1. The Balaban J connectivity index is 2.98. The average Bonchev–Trinajstić information content (AvgIpc) is 2.40. The summed E-state index contributed by atoms with van der Waals surface area (Å²) >= 11 is 2.16. The van der Waals surface area contributed by atoms with Crippen molar-refractivity contribution in [3.05, 3.63) is 32.9 Å². The van der Waals surface area contributed by atoms with Crippen LogP contribution in [0.5, 0.6) is 0 Å². The molecule has 19 heavy (non-hydrogen) atoms. The number of aryl methyl sites for hydroxylation is 1. The summed E-state index contributed by atoms with van der Waals surface area (Å²) < 4.78 is 5.56. The number of hydrogen-bond acceptors (Lipinski definition) is 3. The number of rotatable bonds is 5. The Bertz CT molecular complexity index is 474. The number of methoxy groups -OCH3 is 1. The van der Waals surface area contributed by atoms with Crippen molar-refractivity contribution < 1.29 is 14.3 Å². The molecule has 1 aromatic carbocycles. The number of halogens is 1. The third-order valence-corrected chi connectivity index (χ3v) is 4.18. The fourth-order valence-electron chi connectivity index (χ4n) is 1.73. The molecule has 1 aromatic rings. The van der Waals surface area contributed by atoms with Crippen LogP contribution in [-0.2, 0) is 9.53 Å². The minimum absolute atomic E-state index is 0.00675. The zero-order valence-corrected chi connectivity index (χ0v) is 13.6. The van der Waals surface area contributed by atoms with E-state index >= 15 is 0 Å². The quantitative estimate of drug-likeness (QED) is 0.587. The smallest absolute Gasteiger partial charge is 0.325 e. The fraction of sp³-hybridized carbons (Fsp3) is 0.429.